The summed E-state index contributed by atoms with van der Waals surface area (Å²) in [4.78, 5) is 27.5. The third kappa shape index (κ3) is 7.79. The molecule has 168 valence electrons. The summed E-state index contributed by atoms with van der Waals surface area (Å²) in [6.45, 7) is 4.69. The van der Waals surface area contributed by atoms with Crippen molar-refractivity contribution < 1.29 is 19.1 Å². The minimum Gasteiger partial charge on any atom is -0.497 e. The fraction of sp³-hybridized carbons (Fsp3) is 0.417. The Labute approximate surface area is 189 Å². The SMILES string of the molecule is CCCCNC(=O)[C@@H](CC)N(Cc1ccc(OC)cc1)C(=O)COc1ccc(Cl)cc1. The molecule has 0 spiro atoms. The lowest BCUT2D eigenvalue weighted by atomic mass is 10.1. The van der Waals surface area contributed by atoms with E-state index in [4.69, 9.17) is 21.1 Å². The van der Waals surface area contributed by atoms with Crippen LogP contribution in [0, 0.1) is 0 Å². The largest absolute Gasteiger partial charge is 0.497 e. The van der Waals surface area contributed by atoms with E-state index in [9.17, 15) is 9.59 Å². The Kier molecular flexibility index (Phi) is 10.2. The van der Waals surface area contributed by atoms with Crippen LogP contribution >= 0.6 is 11.6 Å². The lowest BCUT2D eigenvalue weighted by Gasteiger charge is -2.30. The smallest absolute Gasteiger partial charge is 0.261 e. The minimum atomic E-state index is -0.583. The predicted molar refractivity (Wildman–Crippen MR) is 122 cm³/mol. The van der Waals surface area contributed by atoms with E-state index >= 15 is 0 Å². The fourth-order valence-electron chi connectivity index (χ4n) is 3.11. The van der Waals surface area contributed by atoms with Crippen LogP contribution in [0.25, 0.3) is 0 Å². The molecule has 1 N–H and O–H groups in total. The second-order valence-corrected chi connectivity index (χ2v) is 7.62. The van der Waals surface area contributed by atoms with Crippen LogP contribution in [0.15, 0.2) is 48.5 Å². The number of benzene rings is 2. The highest BCUT2D eigenvalue weighted by molar-refractivity contribution is 6.30. The maximum Gasteiger partial charge on any atom is 0.261 e. The molecule has 2 aromatic rings. The van der Waals surface area contributed by atoms with Gasteiger partial charge in [-0.1, -0.05) is 44.0 Å². The number of nitrogens with one attached hydrogen (secondary N) is 1. The molecule has 0 heterocycles. The van der Waals surface area contributed by atoms with Crippen LogP contribution in [0.3, 0.4) is 0 Å². The Balaban J connectivity index is 2.16. The van der Waals surface area contributed by atoms with E-state index in [2.05, 4.69) is 12.2 Å². The van der Waals surface area contributed by atoms with Gasteiger partial charge in [-0.3, -0.25) is 9.59 Å². The van der Waals surface area contributed by atoms with Gasteiger partial charge in [-0.2, -0.15) is 0 Å². The number of ether oxygens (including phenoxy) is 2. The van der Waals surface area contributed by atoms with E-state index in [0.29, 0.717) is 30.3 Å². The summed E-state index contributed by atoms with van der Waals surface area (Å²) in [7, 11) is 1.60. The van der Waals surface area contributed by atoms with E-state index in [1.165, 1.54) is 0 Å². The third-order valence-corrected chi connectivity index (χ3v) is 5.16. The maximum absolute atomic E-state index is 13.1. The fourth-order valence-corrected chi connectivity index (χ4v) is 3.24. The molecule has 0 radical (unpaired) electrons. The first kappa shape index (κ1) is 24.5. The summed E-state index contributed by atoms with van der Waals surface area (Å²) in [6, 6.07) is 13.7. The van der Waals surface area contributed by atoms with Gasteiger partial charge >= 0.3 is 0 Å². The average Bonchev–Trinajstić information content (AvgIpc) is 2.79. The number of methoxy groups -OCH3 is 1. The molecule has 0 aliphatic carbocycles. The molecule has 0 aliphatic heterocycles. The van der Waals surface area contributed by atoms with E-state index in [-0.39, 0.29) is 18.4 Å². The van der Waals surface area contributed by atoms with Crippen molar-refractivity contribution in [2.24, 2.45) is 0 Å². The molecule has 0 aromatic heterocycles. The molecule has 2 amide bonds. The number of hydrogen-bond donors (Lipinski definition) is 1. The number of halogens is 1. The standard InChI is InChI=1S/C24H31ClN2O4/c1-4-6-15-26-24(29)22(5-2)27(16-18-7-11-20(30-3)12-8-18)23(28)17-31-21-13-9-19(25)10-14-21/h7-14,22H,4-6,15-17H2,1-3H3,(H,26,29)/t22-/m1/s1. The second-order valence-electron chi connectivity index (χ2n) is 7.18. The predicted octanol–water partition coefficient (Wildman–Crippen LogP) is 4.45. The van der Waals surface area contributed by atoms with Crippen LogP contribution in [0.1, 0.15) is 38.7 Å². The summed E-state index contributed by atoms with van der Waals surface area (Å²) in [6.07, 6.45) is 2.38. The zero-order valence-corrected chi connectivity index (χ0v) is 19.2. The molecule has 0 saturated carbocycles. The van der Waals surface area contributed by atoms with Crippen LogP contribution in [0.5, 0.6) is 11.5 Å². The third-order valence-electron chi connectivity index (χ3n) is 4.90. The Morgan fingerprint density at radius 1 is 1.03 bits per heavy atom. The number of hydrogen-bond acceptors (Lipinski definition) is 4. The molecule has 0 unspecified atom stereocenters. The molecule has 6 nitrogen and oxygen atoms in total. The Bertz CT molecular complexity index is 824. The lowest BCUT2D eigenvalue weighted by molar-refractivity contribution is -0.143. The quantitative estimate of drug-likeness (QED) is 0.489. The molecule has 7 heteroatoms. The van der Waals surface area contributed by atoms with Crippen LogP contribution < -0.4 is 14.8 Å². The monoisotopic (exact) mass is 446 g/mol. The molecule has 2 rings (SSSR count). The molecule has 1 atom stereocenters. The van der Waals surface area contributed by atoms with Gasteiger partial charge in [-0.05, 0) is 54.8 Å². The van der Waals surface area contributed by atoms with Crippen molar-refractivity contribution in [3.8, 4) is 11.5 Å². The van der Waals surface area contributed by atoms with Crippen LogP contribution in [-0.4, -0.2) is 43.0 Å². The first-order valence-corrected chi connectivity index (χ1v) is 10.9. The van der Waals surface area contributed by atoms with E-state index in [1.54, 1.807) is 36.3 Å². The van der Waals surface area contributed by atoms with Gasteiger partial charge < -0.3 is 19.7 Å². The van der Waals surface area contributed by atoms with Gasteiger partial charge in [0.1, 0.15) is 17.5 Å². The second kappa shape index (κ2) is 12.8. The molecule has 0 aliphatic rings. The molecule has 0 bridgehead atoms. The van der Waals surface area contributed by atoms with Crippen LogP contribution in [0.4, 0.5) is 0 Å². The van der Waals surface area contributed by atoms with Crippen molar-refractivity contribution in [2.75, 3.05) is 20.3 Å². The molecular formula is C24H31ClN2O4. The average molecular weight is 447 g/mol. The van der Waals surface area contributed by atoms with Gasteiger partial charge in [-0.15, -0.1) is 0 Å². The van der Waals surface area contributed by atoms with E-state index in [1.807, 2.05) is 31.2 Å². The first-order chi connectivity index (χ1) is 15.0. The summed E-state index contributed by atoms with van der Waals surface area (Å²) in [5, 5.41) is 3.54. The molecule has 0 fully saturated rings. The number of carbonyl (C=O) groups excluding carboxylic acids is 2. The van der Waals surface area contributed by atoms with Crippen molar-refractivity contribution in [2.45, 2.75) is 45.7 Å². The van der Waals surface area contributed by atoms with Crippen molar-refractivity contribution in [3.05, 3.63) is 59.1 Å². The van der Waals surface area contributed by atoms with Crippen molar-refractivity contribution >= 4 is 23.4 Å². The highest BCUT2D eigenvalue weighted by Crippen LogP contribution is 2.18. The number of rotatable bonds is 12. The molecule has 0 saturated heterocycles. The Hall–Kier alpha value is -2.73. The van der Waals surface area contributed by atoms with Gasteiger partial charge in [0.15, 0.2) is 6.61 Å². The van der Waals surface area contributed by atoms with Gasteiger partial charge in [0.2, 0.25) is 5.91 Å². The van der Waals surface area contributed by atoms with Gasteiger partial charge in [0.25, 0.3) is 5.91 Å². The van der Waals surface area contributed by atoms with Gasteiger partial charge in [0.05, 0.1) is 7.11 Å². The van der Waals surface area contributed by atoms with Crippen molar-refractivity contribution in [1.82, 2.24) is 10.2 Å². The van der Waals surface area contributed by atoms with Crippen LogP contribution in [-0.2, 0) is 16.1 Å². The van der Waals surface area contributed by atoms with E-state index in [0.717, 1.165) is 24.2 Å². The first-order valence-electron chi connectivity index (χ1n) is 10.6. The zero-order chi connectivity index (χ0) is 22.6. The van der Waals surface area contributed by atoms with Crippen LogP contribution in [0.2, 0.25) is 5.02 Å². The minimum absolute atomic E-state index is 0.149. The van der Waals surface area contributed by atoms with Crippen molar-refractivity contribution in [1.29, 1.82) is 0 Å². The summed E-state index contributed by atoms with van der Waals surface area (Å²) in [5.41, 5.74) is 0.903. The zero-order valence-electron chi connectivity index (χ0n) is 18.4. The van der Waals surface area contributed by atoms with E-state index < -0.39 is 6.04 Å². The lowest BCUT2D eigenvalue weighted by Crippen LogP contribution is -2.50. The molecular weight excluding hydrogens is 416 g/mol. The van der Waals surface area contributed by atoms with Crippen molar-refractivity contribution in [3.63, 3.8) is 0 Å². The molecule has 2 aromatic carbocycles. The van der Waals surface area contributed by atoms with Gasteiger partial charge in [-0.25, -0.2) is 0 Å². The normalized spacial score (nSPS) is 11.5. The number of carbonyl (C=O) groups is 2. The van der Waals surface area contributed by atoms with Gasteiger partial charge in [0, 0.05) is 18.1 Å². The summed E-state index contributed by atoms with van der Waals surface area (Å²) < 4.78 is 10.9. The summed E-state index contributed by atoms with van der Waals surface area (Å²) >= 11 is 5.90. The Morgan fingerprint density at radius 3 is 2.26 bits per heavy atom. The summed E-state index contributed by atoms with van der Waals surface area (Å²) in [5.74, 6) is 0.868. The maximum atomic E-state index is 13.1. The number of amides is 2. The highest BCUT2D eigenvalue weighted by Gasteiger charge is 2.28. The highest BCUT2D eigenvalue weighted by atomic mass is 35.5. The number of nitrogens with zero attached hydrogens (tertiary/aromatic N) is 1. The topological polar surface area (TPSA) is 67.9 Å². The Morgan fingerprint density at radius 2 is 1.68 bits per heavy atom. The molecule has 31 heavy (non-hydrogen) atoms. The number of unbranched alkanes of at least 4 members (excludes halogenated alkanes) is 1.